The lowest BCUT2D eigenvalue weighted by Crippen LogP contribution is -2.19. The number of rotatable bonds is 10. The van der Waals surface area contributed by atoms with E-state index in [-0.39, 0.29) is 6.10 Å². The average Bonchev–Trinajstić information content (AvgIpc) is 3.47. The molecule has 39 heavy (non-hydrogen) atoms. The predicted molar refractivity (Wildman–Crippen MR) is 150 cm³/mol. The third kappa shape index (κ3) is 5.18. The van der Waals surface area contributed by atoms with E-state index in [1.807, 2.05) is 31.2 Å². The lowest BCUT2D eigenvalue weighted by Gasteiger charge is -2.21. The third-order valence-electron chi connectivity index (χ3n) is 6.66. The van der Waals surface area contributed by atoms with Crippen LogP contribution in [0.2, 0.25) is 0 Å². The van der Waals surface area contributed by atoms with Gasteiger partial charge in [0.25, 0.3) is 0 Å². The maximum absolute atomic E-state index is 6.22. The number of aromatic nitrogens is 3. The van der Waals surface area contributed by atoms with Gasteiger partial charge in [-0.05, 0) is 55.2 Å². The Kier molecular flexibility index (Phi) is 6.91. The Morgan fingerprint density at radius 2 is 1.69 bits per heavy atom. The number of fused-ring (bicyclic) bond motifs is 5. The average molecular weight is 521 g/mol. The lowest BCUT2D eigenvalue weighted by atomic mass is 9.90. The molecule has 3 aromatic heterocycles. The second kappa shape index (κ2) is 10.9. The summed E-state index contributed by atoms with van der Waals surface area (Å²) in [6, 6.07) is 16.4. The fourth-order valence-corrected chi connectivity index (χ4v) is 4.84. The van der Waals surface area contributed by atoms with Gasteiger partial charge in [-0.3, -0.25) is 0 Å². The highest BCUT2D eigenvalue weighted by Gasteiger charge is 2.23. The van der Waals surface area contributed by atoms with Gasteiger partial charge in [-0.25, -0.2) is 19.9 Å². The predicted octanol–water partition coefficient (Wildman–Crippen LogP) is 6.11. The molecule has 1 atom stereocenters. The summed E-state index contributed by atoms with van der Waals surface area (Å²) in [6.07, 6.45) is 8.13. The number of nitrogens with zero attached hydrogens (tertiary/aromatic N) is 4. The largest absolute Gasteiger partial charge is 0.491 e. The molecule has 5 aromatic rings. The summed E-state index contributed by atoms with van der Waals surface area (Å²) in [7, 11) is 0. The van der Waals surface area contributed by atoms with Crippen LogP contribution in [0.15, 0.2) is 83.4 Å². The number of aryl methyl sites for hydroxylation is 2. The Hall–Kier alpha value is -4.72. The molecule has 1 unspecified atom stereocenters. The normalized spacial score (nSPS) is 13.3. The summed E-state index contributed by atoms with van der Waals surface area (Å²) in [5.41, 5.74) is 6.63. The first-order valence-corrected chi connectivity index (χ1v) is 13.0. The van der Waals surface area contributed by atoms with E-state index in [9.17, 15) is 0 Å². The van der Waals surface area contributed by atoms with E-state index in [1.54, 1.807) is 6.26 Å². The van der Waals surface area contributed by atoms with Gasteiger partial charge in [-0.2, -0.15) is 0 Å². The van der Waals surface area contributed by atoms with E-state index in [0.29, 0.717) is 25.4 Å². The van der Waals surface area contributed by atoms with Gasteiger partial charge >= 0.3 is 0 Å². The van der Waals surface area contributed by atoms with Gasteiger partial charge in [0.15, 0.2) is 12.8 Å². The summed E-state index contributed by atoms with van der Waals surface area (Å²) < 4.78 is 22.8. The van der Waals surface area contributed by atoms with Crippen LogP contribution < -0.4 is 9.47 Å². The quantitative estimate of drug-likeness (QED) is 0.162. The van der Waals surface area contributed by atoms with Crippen LogP contribution in [0.3, 0.4) is 0 Å². The monoisotopic (exact) mass is 520 g/mol. The molecule has 0 saturated heterocycles. The van der Waals surface area contributed by atoms with Gasteiger partial charge in [-0.1, -0.05) is 30.8 Å². The molecule has 8 heteroatoms. The van der Waals surface area contributed by atoms with Gasteiger partial charge in [0.2, 0.25) is 0 Å². The van der Waals surface area contributed by atoms with Crippen LogP contribution in [0.1, 0.15) is 23.7 Å². The molecule has 2 aromatic carbocycles. The van der Waals surface area contributed by atoms with Gasteiger partial charge in [0, 0.05) is 23.4 Å². The summed E-state index contributed by atoms with van der Waals surface area (Å²) in [5, 5.41) is 2.09. The first kappa shape index (κ1) is 24.6. The Labute approximate surface area is 226 Å². The number of aliphatic imine (C=N–C) groups is 1. The highest BCUT2D eigenvalue weighted by Crippen LogP contribution is 2.38. The SMILES string of the molecule is C=C/N=C\OCC(C)Oc1cccc2cc3c(nc12)-c1nc2c(OCCc4cocn4)cccc2cc1CC3. The standard InChI is InChI=1S/C31H28N4O4/c1-3-32-18-36-16-20(2)39-27-9-5-7-22-15-24-11-10-23-14-21-6-4-8-26(38-13-12-25-17-37-19-33-25)28(21)34-30(23)31(24)35-29(22)27/h3-9,14-15,17-20H,1,10-13,16H2,2H3/b32-18-. The molecule has 196 valence electrons. The minimum absolute atomic E-state index is 0.198. The van der Waals surface area contributed by atoms with Crippen molar-refractivity contribution in [2.45, 2.75) is 32.3 Å². The second-order valence-corrected chi connectivity index (χ2v) is 9.43. The van der Waals surface area contributed by atoms with E-state index in [0.717, 1.165) is 57.5 Å². The molecule has 0 fully saturated rings. The molecule has 0 radical (unpaired) electrons. The number of ether oxygens (including phenoxy) is 3. The van der Waals surface area contributed by atoms with Crippen molar-refractivity contribution in [2.75, 3.05) is 13.2 Å². The fraction of sp³-hybridized carbons (Fsp3) is 0.226. The zero-order valence-electron chi connectivity index (χ0n) is 21.7. The van der Waals surface area contributed by atoms with Crippen LogP contribution in [0.4, 0.5) is 0 Å². The van der Waals surface area contributed by atoms with Crippen molar-refractivity contribution in [1.29, 1.82) is 0 Å². The molecule has 0 spiro atoms. The third-order valence-corrected chi connectivity index (χ3v) is 6.66. The number of hydrogen-bond donors (Lipinski definition) is 0. The number of para-hydroxylation sites is 2. The molecule has 0 N–H and O–H groups in total. The summed E-state index contributed by atoms with van der Waals surface area (Å²) in [6.45, 7) is 6.32. The van der Waals surface area contributed by atoms with Crippen LogP contribution >= 0.6 is 0 Å². The maximum Gasteiger partial charge on any atom is 0.180 e. The van der Waals surface area contributed by atoms with E-state index < -0.39 is 0 Å². The zero-order chi connectivity index (χ0) is 26.6. The van der Waals surface area contributed by atoms with Crippen molar-refractivity contribution >= 4 is 28.2 Å². The smallest absolute Gasteiger partial charge is 0.180 e. The highest BCUT2D eigenvalue weighted by molar-refractivity contribution is 5.91. The van der Waals surface area contributed by atoms with Gasteiger partial charge in [0.05, 0.1) is 23.7 Å². The molecular weight excluding hydrogens is 492 g/mol. The minimum Gasteiger partial charge on any atom is -0.491 e. The molecule has 0 saturated carbocycles. The van der Waals surface area contributed by atoms with Gasteiger partial charge in [-0.15, -0.1) is 0 Å². The number of hydrogen-bond acceptors (Lipinski definition) is 8. The maximum atomic E-state index is 6.22. The number of benzene rings is 2. The van der Waals surface area contributed by atoms with Crippen molar-refractivity contribution in [2.24, 2.45) is 4.99 Å². The minimum atomic E-state index is -0.198. The summed E-state index contributed by atoms with van der Waals surface area (Å²) in [5.74, 6) is 1.45. The Bertz CT molecular complexity index is 1660. The van der Waals surface area contributed by atoms with Crippen LogP contribution in [0.25, 0.3) is 33.2 Å². The van der Waals surface area contributed by atoms with Crippen molar-refractivity contribution in [3.8, 4) is 22.9 Å². The second-order valence-electron chi connectivity index (χ2n) is 9.43. The molecule has 1 aliphatic carbocycles. The molecule has 3 heterocycles. The van der Waals surface area contributed by atoms with Crippen molar-refractivity contribution in [1.82, 2.24) is 15.0 Å². The van der Waals surface area contributed by atoms with E-state index in [1.165, 1.54) is 30.1 Å². The zero-order valence-corrected chi connectivity index (χ0v) is 21.7. The fourth-order valence-electron chi connectivity index (χ4n) is 4.84. The topological polar surface area (TPSA) is 91.9 Å². The number of pyridine rings is 2. The first-order chi connectivity index (χ1) is 19.2. The molecule has 0 bridgehead atoms. The van der Waals surface area contributed by atoms with Crippen molar-refractivity contribution in [3.63, 3.8) is 0 Å². The van der Waals surface area contributed by atoms with Crippen LogP contribution in [0, 0.1) is 0 Å². The van der Waals surface area contributed by atoms with Crippen LogP contribution in [-0.4, -0.2) is 40.7 Å². The van der Waals surface area contributed by atoms with Gasteiger partial charge < -0.3 is 18.6 Å². The molecule has 1 aliphatic rings. The van der Waals surface area contributed by atoms with Gasteiger partial charge in [0.1, 0.15) is 41.5 Å². The highest BCUT2D eigenvalue weighted by atomic mass is 16.5. The lowest BCUT2D eigenvalue weighted by molar-refractivity contribution is 0.143. The van der Waals surface area contributed by atoms with Crippen LogP contribution in [-0.2, 0) is 24.0 Å². The molecule has 0 aliphatic heterocycles. The van der Waals surface area contributed by atoms with Crippen molar-refractivity contribution < 1.29 is 18.6 Å². The Balaban J connectivity index is 1.33. The van der Waals surface area contributed by atoms with Crippen molar-refractivity contribution in [3.05, 3.63) is 90.8 Å². The van der Waals surface area contributed by atoms with E-state index in [4.69, 9.17) is 28.6 Å². The number of oxazole rings is 1. The molecule has 0 amide bonds. The molecule has 6 rings (SSSR count). The van der Waals surface area contributed by atoms with Crippen LogP contribution in [0.5, 0.6) is 11.5 Å². The first-order valence-electron chi connectivity index (χ1n) is 13.0. The molecular formula is C31H28N4O4. The Morgan fingerprint density at radius 3 is 2.36 bits per heavy atom. The molecule has 8 nitrogen and oxygen atoms in total. The summed E-state index contributed by atoms with van der Waals surface area (Å²) in [4.78, 5) is 18.3. The van der Waals surface area contributed by atoms with E-state index in [2.05, 4.69) is 40.8 Å². The Morgan fingerprint density at radius 1 is 1.00 bits per heavy atom. The van der Waals surface area contributed by atoms with E-state index >= 15 is 0 Å². The summed E-state index contributed by atoms with van der Waals surface area (Å²) >= 11 is 0.